The molecular weight excluding hydrogens is 456 g/mol. The van der Waals surface area contributed by atoms with Gasteiger partial charge in [0.1, 0.15) is 17.5 Å². The highest BCUT2D eigenvalue weighted by molar-refractivity contribution is 7.17. The normalized spacial score (nSPS) is 14.1. The predicted octanol–water partition coefficient (Wildman–Crippen LogP) is 5.96. The molecule has 0 fully saturated rings. The fourth-order valence-corrected chi connectivity index (χ4v) is 5.43. The number of hydrogen-bond donors (Lipinski definition) is 0. The van der Waals surface area contributed by atoms with Crippen LogP contribution in [-0.2, 0) is 29.0 Å². The maximum Gasteiger partial charge on any atom is 0.329 e. The number of thiophene rings is 1. The van der Waals surface area contributed by atoms with E-state index in [-0.39, 0.29) is 12.2 Å². The smallest absolute Gasteiger partial charge is 0.329 e. The van der Waals surface area contributed by atoms with Gasteiger partial charge in [0, 0.05) is 21.5 Å². The Morgan fingerprint density at radius 3 is 2.79 bits per heavy atom. The summed E-state index contributed by atoms with van der Waals surface area (Å²) < 4.78 is 6.80. The first kappa shape index (κ1) is 21.9. The van der Waals surface area contributed by atoms with Gasteiger partial charge in [0.2, 0.25) is 0 Å². The molecule has 0 bridgehead atoms. The van der Waals surface area contributed by atoms with Crippen LogP contribution in [0.2, 0.25) is 5.02 Å². The number of benzene rings is 2. The minimum atomic E-state index is -0.812. The van der Waals surface area contributed by atoms with Gasteiger partial charge in [-0.1, -0.05) is 48.0 Å². The van der Waals surface area contributed by atoms with E-state index < -0.39 is 12.0 Å². The molecule has 1 aliphatic carbocycles. The average molecular weight is 479 g/mol. The molecule has 0 N–H and O–H groups in total. The molecule has 0 aliphatic heterocycles. The SMILES string of the molecule is CC(C(=O)OCc1ccccc1Cl)n1cnc2scc(-c3ccc4c(c3)CCCC4)c2c1=O. The lowest BCUT2D eigenvalue weighted by molar-refractivity contribution is -0.148. The van der Waals surface area contributed by atoms with E-state index in [1.165, 1.54) is 46.2 Å². The first-order valence-electron chi connectivity index (χ1n) is 11.0. The van der Waals surface area contributed by atoms with Crippen LogP contribution in [0.1, 0.15) is 42.5 Å². The van der Waals surface area contributed by atoms with Gasteiger partial charge in [-0.2, -0.15) is 0 Å². The summed E-state index contributed by atoms with van der Waals surface area (Å²) in [6.45, 7) is 1.70. The molecule has 0 amide bonds. The summed E-state index contributed by atoms with van der Waals surface area (Å²) in [4.78, 5) is 31.3. The summed E-state index contributed by atoms with van der Waals surface area (Å²) in [5.41, 5.74) is 5.12. The molecule has 0 saturated carbocycles. The molecule has 4 aromatic rings. The van der Waals surface area contributed by atoms with Crippen molar-refractivity contribution in [2.45, 2.75) is 45.3 Å². The van der Waals surface area contributed by atoms with E-state index in [4.69, 9.17) is 16.3 Å². The summed E-state index contributed by atoms with van der Waals surface area (Å²) in [5.74, 6) is -0.510. The lowest BCUT2D eigenvalue weighted by atomic mass is 9.89. The summed E-state index contributed by atoms with van der Waals surface area (Å²) in [7, 11) is 0. The van der Waals surface area contributed by atoms with Crippen molar-refractivity contribution in [2.24, 2.45) is 0 Å². The fourth-order valence-electron chi connectivity index (χ4n) is 4.33. The quantitative estimate of drug-likeness (QED) is 0.332. The molecule has 2 aromatic heterocycles. The molecule has 7 heteroatoms. The number of fused-ring (bicyclic) bond motifs is 2. The van der Waals surface area contributed by atoms with Crippen molar-refractivity contribution in [3.05, 3.63) is 86.2 Å². The predicted molar refractivity (Wildman–Crippen MR) is 132 cm³/mol. The third-order valence-corrected chi connectivity index (χ3v) is 7.52. The van der Waals surface area contributed by atoms with Crippen molar-refractivity contribution < 1.29 is 9.53 Å². The molecule has 0 spiro atoms. The molecule has 168 valence electrons. The van der Waals surface area contributed by atoms with Crippen LogP contribution in [0.4, 0.5) is 0 Å². The Bertz CT molecular complexity index is 1410. The molecule has 33 heavy (non-hydrogen) atoms. The van der Waals surface area contributed by atoms with Gasteiger partial charge in [0.05, 0.1) is 11.7 Å². The van der Waals surface area contributed by atoms with Gasteiger partial charge in [0.25, 0.3) is 5.56 Å². The van der Waals surface area contributed by atoms with Gasteiger partial charge in [-0.05, 0) is 55.4 Å². The van der Waals surface area contributed by atoms with E-state index in [0.717, 1.165) is 24.0 Å². The molecule has 1 atom stereocenters. The largest absolute Gasteiger partial charge is 0.459 e. The van der Waals surface area contributed by atoms with Crippen LogP contribution in [0.3, 0.4) is 0 Å². The van der Waals surface area contributed by atoms with Crippen molar-refractivity contribution in [1.29, 1.82) is 0 Å². The second-order valence-electron chi connectivity index (χ2n) is 8.35. The number of aromatic nitrogens is 2. The standard InChI is InChI=1S/C26H23ClN2O3S/c1-16(26(31)32-13-20-8-4-5-9-22(20)27)29-15-28-24-23(25(29)30)21(14-33-24)19-11-10-17-6-2-3-7-18(17)12-19/h4-5,8-12,14-16H,2-3,6-7,13H2,1H3. The fraction of sp³-hybridized carbons (Fsp3) is 0.269. The zero-order chi connectivity index (χ0) is 22.9. The van der Waals surface area contributed by atoms with Crippen molar-refractivity contribution in [3.8, 4) is 11.1 Å². The molecule has 0 saturated heterocycles. The van der Waals surface area contributed by atoms with Crippen molar-refractivity contribution >= 4 is 39.1 Å². The summed E-state index contributed by atoms with van der Waals surface area (Å²) in [6.07, 6.45) is 6.04. The van der Waals surface area contributed by atoms with Gasteiger partial charge >= 0.3 is 5.97 Å². The number of hydrogen-bond acceptors (Lipinski definition) is 5. The maximum atomic E-state index is 13.4. The van der Waals surface area contributed by atoms with Crippen LogP contribution in [0, 0.1) is 0 Å². The monoisotopic (exact) mass is 478 g/mol. The number of ether oxygens (including phenoxy) is 1. The Balaban J connectivity index is 1.45. The minimum Gasteiger partial charge on any atom is -0.459 e. The van der Waals surface area contributed by atoms with Gasteiger partial charge in [-0.3, -0.25) is 9.36 Å². The van der Waals surface area contributed by atoms with E-state index in [0.29, 0.717) is 20.8 Å². The van der Waals surface area contributed by atoms with Gasteiger partial charge in [0.15, 0.2) is 0 Å². The number of halogens is 1. The van der Waals surface area contributed by atoms with Crippen molar-refractivity contribution in [2.75, 3.05) is 0 Å². The molecule has 5 nitrogen and oxygen atoms in total. The van der Waals surface area contributed by atoms with Crippen molar-refractivity contribution in [3.63, 3.8) is 0 Å². The summed E-state index contributed by atoms with van der Waals surface area (Å²) in [5, 5.41) is 3.06. The van der Waals surface area contributed by atoms with Gasteiger partial charge < -0.3 is 4.74 Å². The van der Waals surface area contributed by atoms with E-state index in [1.54, 1.807) is 19.1 Å². The topological polar surface area (TPSA) is 61.2 Å². The lowest BCUT2D eigenvalue weighted by Crippen LogP contribution is -2.29. The van der Waals surface area contributed by atoms with E-state index in [1.807, 2.05) is 17.5 Å². The summed E-state index contributed by atoms with van der Waals surface area (Å²) in [6, 6.07) is 12.9. The minimum absolute atomic E-state index is 0.0477. The zero-order valence-corrected chi connectivity index (χ0v) is 19.8. The highest BCUT2D eigenvalue weighted by Crippen LogP contribution is 2.33. The Kier molecular flexibility index (Phi) is 6.04. The Hall–Kier alpha value is -2.96. The van der Waals surface area contributed by atoms with Gasteiger partial charge in [-0.15, -0.1) is 11.3 Å². The van der Waals surface area contributed by atoms with E-state index in [9.17, 15) is 9.59 Å². The highest BCUT2D eigenvalue weighted by atomic mass is 35.5. The zero-order valence-electron chi connectivity index (χ0n) is 18.2. The van der Waals surface area contributed by atoms with E-state index in [2.05, 4.69) is 23.2 Å². The van der Waals surface area contributed by atoms with Crippen LogP contribution >= 0.6 is 22.9 Å². The molecule has 1 aliphatic rings. The van der Waals surface area contributed by atoms with Crippen molar-refractivity contribution in [1.82, 2.24) is 9.55 Å². The molecule has 0 radical (unpaired) electrons. The molecular formula is C26H23ClN2O3S. The highest BCUT2D eigenvalue weighted by Gasteiger charge is 2.22. The second kappa shape index (κ2) is 9.12. The Morgan fingerprint density at radius 2 is 1.97 bits per heavy atom. The molecule has 2 heterocycles. The number of carbonyl (C=O) groups is 1. The Labute approximate surface area is 200 Å². The number of carbonyl (C=O) groups excluding carboxylic acids is 1. The van der Waals surface area contributed by atoms with E-state index >= 15 is 0 Å². The first-order chi connectivity index (χ1) is 16.0. The first-order valence-corrected chi connectivity index (χ1v) is 12.3. The number of esters is 1. The number of aryl methyl sites for hydroxylation is 2. The third-order valence-electron chi connectivity index (χ3n) is 6.27. The molecule has 1 unspecified atom stereocenters. The molecule has 5 rings (SSSR count). The van der Waals surface area contributed by atoms with Crippen LogP contribution in [0.15, 0.2) is 59.0 Å². The van der Waals surface area contributed by atoms with Crippen LogP contribution in [-0.4, -0.2) is 15.5 Å². The van der Waals surface area contributed by atoms with Crippen LogP contribution in [0.25, 0.3) is 21.3 Å². The second-order valence-corrected chi connectivity index (χ2v) is 9.62. The van der Waals surface area contributed by atoms with Crippen LogP contribution < -0.4 is 5.56 Å². The Morgan fingerprint density at radius 1 is 1.18 bits per heavy atom. The third kappa shape index (κ3) is 4.21. The maximum absolute atomic E-state index is 13.4. The van der Waals surface area contributed by atoms with Gasteiger partial charge in [-0.25, -0.2) is 9.78 Å². The number of nitrogens with zero attached hydrogens (tertiary/aromatic N) is 2. The lowest BCUT2D eigenvalue weighted by Gasteiger charge is -2.17. The average Bonchev–Trinajstić information content (AvgIpc) is 3.28. The number of rotatable bonds is 5. The van der Waals surface area contributed by atoms with Crippen LogP contribution in [0.5, 0.6) is 0 Å². The summed E-state index contributed by atoms with van der Waals surface area (Å²) >= 11 is 7.59. The molecule has 2 aromatic carbocycles.